The Bertz CT molecular complexity index is 1310. The summed E-state index contributed by atoms with van der Waals surface area (Å²) in [4.78, 5) is 15.5. The number of hydrogen-bond donors (Lipinski definition) is 1. The van der Waals surface area contributed by atoms with Crippen LogP contribution in [0.15, 0.2) is 71.3 Å². The molecule has 2 aliphatic heterocycles. The van der Waals surface area contributed by atoms with Gasteiger partial charge in [-0.05, 0) is 42.0 Å². The molecule has 0 spiro atoms. The van der Waals surface area contributed by atoms with Crippen LogP contribution in [0.4, 0.5) is 10.1 Å². The number of aliphatic imine (C=N–C) groups is 1. The van der Waals surface area contributed by atoms with E-state index in [-0.39, 0.29) is 11.6 Å². The number of aliphatic hydroxyl groups excluding tert-OH is 1. The molecule has 8 heteroatoms. The third-order valence-electron chi connectivity index (χ3n) is 6.01. The monoisotopic (exact) mass is 460 g/mol. The highest BCUT2D eigenvalue weighted by molar-refractivity contribution is 5.94. The second kappa shape index (κ2) is 9.61. The number of aromatic nitrogens is 2. The number of ether oxygens (including phenoxy) is 2. The summed E-state index contributed by atoms with van der Waals surface area (Å²) in [6, 6.07) is 10.9. The van der Waals surface area contributed by atoms with E-state index in [1.807, 2.05) is 18.2 Å². The maximum atomic E-state index is 15.0. The Balaban J connectivity index is 1.50. The normalized spacial score (nSPS) is 16.5. The number of rotatable bonds is 4. The molecule has 34 heavy (non-hydrogen) atoms. The van der Waals surface area contributed by atoms with E-state index in [4.69, 9.17) is 9.47 Å². The molecule has 5 rings (SSSR count). The van der Waals surface area contributed by atoms with Gasteiger partial charge in [-0.3, -0.25) is 0 Å². The van der Waals surface area contributed by atoms with Gasteiger partial charge in [0.05, 0.1) is 37.2 Å². The van der Waals surface area contributed by atoms with Crippen LogP contribution in [0.3, 0.4) is 0 Å². The van der Waals surface area contributed by atoms with Crippen LogP contribution in [0.1, 0.15) is 12.0 Å². The lowest BCUT2D eigenvalue weighted by Gasteiger charge is -2.29. The lowest BCUT2D eigenvalue weighted by atomic mass is 10.0. The van der Waals surface area contributed by atoms with Crippen LogP contribution in [0.25, 0.3) is 22.2 Å². The molecule has 3 heterocycles. The zero-order valence-electron chi connectivity index (χ0n) is 18.9. The summed E-state index contributed by atoms with van der Waals surface area (Å²) in [6.07, 6.45) is 5.67. The maximum absolute atomic E-state index is 15.0. The zero-order valence-corrected chi connectivity index (χ0v) is 18.9. The number of fused-ring (bicyclic) bond motifs is 1. The summed E-state index contributed by atoms with van der Waals surface area (Å²) in [7, 11) is 1.53. The first-order valence-electron chi connectivity index (χ1n) is 11.2. The minimum atomic E-state index is -0.372. The van der Waals surface area contributed by atoms with Crippen LogP contribution in [0.2, 0.25) is 0 Å². The molecule has 3 aromatic rings. The summed E-state index contributed by atoms with van der Waals surface area (Å²) in [5, 5.41) is 11.2. The van der Waals surface area contributed by atoms with Crippen molar-refractivity contribution in [2.75, 3.05) is 38.3 Å². The van der Waals surface area contributed by atoms with Gasteiger partial charge >= 0.3 is 0 Å². The van der Waals surface area contributed by atoms with Crippen molar-refractivity contribution < 1.29 is 19.0 Å². The Morgan fingerprint density at radius 3 is 2.79 bits per heavy atom. The molecule has 0 atom stereocenters. The van der Waals surface area contributed by atoms with Crippen molar-refractivity contribution in [3.8, 4) is 11.3 Å². The van der Waals surface area contributed by atoms with Crippen LogP contribution in [0.5, 0.6) is 0 Å². The van der Waals surface area contributed by atoms with E-state index in [1.165, 1.54) is 19.5 Å². The van der Waals surface area contributed by atoms with E-state index in [1.54, 1.807) is 24.3 Å². The van der Waals surface area contributed by atoms with Gasteiger partial charge in [0.2, 0.25) is 5.90 Å². The average molecular weight is 461 g/mol. The molecule has 2 aliphatic rings. The van der Waals surface area contributed by atoms with E-state index < -0.39 is 0 Å². The third kappa shape index (κ3) is 4.49. The Kier molecular flexibility index (Phi) is 6.22. The Morgan fingerprint density at radius 1 is 1.12 bits per heavy atom. The standard InChI is InChI=1S/C26H25FN4O3/c1-33-25-4-2-3-24(32)23(30-25)14-17-5-8-21(27)20(13-17)26-19-7-6-18(15-22(19)28-16-29-26)31-9-11-34-12-10-31/h2,4-8,13,15-16,32H,3,9-12,14H2,1H3. The molecule has 174 valence electrons. The quantitative estimate of drug-likeness (QED) is 0.614. The highest BCUT2D eigenvalue weighted by atomic mass is 19.1. The molecule has 0 amide bonds. The van der Waals surface area contributed by atoms with Crippen molar-refractivity contribution in [2.24, 2.45) is 4.99 Å². The largest absolute Gasteiger partial charge is 0.510 e. The van der Waals surface area contributed by atoms with Gasteiger partial charge in [-0.1, -0.05) is 12.1 Å². The van der Waals surface area contributed by atoms with Gasteiger partial charge in [0.25, 0.3) is 0 Å². The molecule has 1 aromatic heterocycles. The first-order valence-corrected chi connectivity index (χ1v) is 11.2. The number of halogens is 1. The second-order valence-corrected chi connectivity index (χ2v) is 8.17. The molecule has 1 saturated heterocycles. The fourth-order valence-corrected chi connectivity index (χ4v) is 4.21. The van der Waals surface area contributed by atoms with Crippen molar-refractivity contribution >= 4 is 22.5 Å². The first kappa shape index (κ1) is 22.0. The minimum absolute atomic E-state index is 0.164. The van der Waals surface area contributed by atoms with Crippen LogP contribution in [-0.2, 0) is 15.9 Å². The molecule has 7 nitrogen and oxygen atoms in total. The van der Waals surface area contributed by atoms with Gasteiger partial charge < -0.3 is 19.5 Å². The van der Waals surface area contributed by atoms with Crippen molar-refractivity contribution in [2.45, 2.75) is 12.8 Å². The van der Waals surface area contributed by atoms with Gasteiger partial charge in [-0.2, -0.15) is 0 Å². The summed E-state index contributed by atoms with van der Waals surface area (Å²) in [6.45, 7) is 3.04. The van der Waals surface area contributed by atoms with Crippen molar-refractivity contribution in [3.05, 3.63) is 77.7 Å². The topological polar surface area (TPSA) is 80.1 Å². The summed E-state index contributed by atoms with van der Waals surface area (Å²) >= 11 is 0. The Labute approximate surface area is 196 Å². The molecule has 2 aromatic carbocycles. The van der Waals surface area contributed by atoms with Gasteiger partial charge in [0.15, 0.2) is 0 Å². The number of anilines is 1. The van der Waals surface area contributed by atoms with E-state index >= 15 is 0 Å². The van der Waals surface area contributed by atoms with Crippen LogP contribution in [0, 0.1) is 5.82 Å². The predicted octanol–water partition coefficient (Wildman–Crippen LogP) is 4.59. The van der Waals surface area contributed by atoms with Crippen molar-refractivity contribution in [3.63, 3.8) is 0 Å². The SMILES string of the molecule is COC1=NC(Cc2ccc(F)c(-c3ncnc4cc(N5CCOCC5)ccc34)c2)=C(O)CC=C1. The number of allylic oxidation sites excluding steroid dienone is 2. The molecule has 0 unspecified atom stereocenters. The number of nitrogens with zero attached hydrogens (tertiary/aromatic N) is 4. The summed E-state index contributed by atoms with van der Waals surface area (Å²) in [5.74, 6) is 0.208. The predicted molar refractivity (Wildman–Crippen MR) is 130 cm³/mol. The van der Waals surface area contributed by atoms with Crippen molar-refractivity contribution in [1.29, 1.82) is 0 Å². The smallest absolute Gasteiger partial charge is 0.212 e. The number of aliphatic hydroxyl groups is 1. The highest BCUT2D eigenvalue weighted by Gasteiger charge is 2.17. The molecule has 0 saturated carbocycles. The van der Waals surface area contributed by atoms with Gasteiger partial charge in [-0.25, -0.2) is 19.4 Å². The van der Waals surface area contributed by atoms with Gasteiger partial charge in [-0.15, -0.1) is 0 Å². The maximum Gasteiger partial charge on any atom is 0.212 e. The molecule has 0 radical (unpaired) electrons. The molecule has 1 N–H and O–H groups in total. The molecule has 1 fully saturated rings. The fourth-order valence-electron chi connectivity index (χ4n) is 4.21. The number of morpholine rings is 1. The summed E-state index contributed by atoms with van der Waals surface area (Å²) < 4.78 is 25.7. The van der Waals surface area contributed by atoms with Crippen LogP contribution in [-0.4, -0.2) is 54.4 Å². The van der Waals surface area contributed by atoms with Crippen LogP contribution < -0.4 is 4.90 Å². The van der Waals surface area contributed by atoms with E-state index in [0.717, 1.165) is 35.2 Å². The molecule has 0 bridgehead atoms. The molecular weight excluding hydrogens is 435 g/mol. The van der Waals surface area contributed by atoms with E-state index in [0.29, 0.717) is 48.9 Å². The number of benzene rings is 2. The Morgan fingerprint density at radius 2 is 1.97 bits per heavy atom. The minimum Gasteiger partial charge on any atom is -0.510 e. The lowest BCUT2D eigenvalue weighted by Crippen LogP contribution is -2.36. The summed E-state index contributed by atoms with van der Waals surface area (Å²) in [5.41, 5.74) is 4.01. The number of hydrogen-bond acceptors (Lipinski definition) is 7. The second-order valence-electron chi connectivity index (χ2n) is 8.17. The molecule has 0 aliphatic carbocycles. The van der Waals surface area contributed by atoms with Crippen molar-refractivity contribution in [1.82, 2.24) is 9.97 Å². The van der Waals surface area contributed by atoms with E-state index in [2.05, 4.69) is 19.9 Å². The van der Waals surface area contributed by atoms with Crippen LogP contribution >= 0.6 is 0 Å². The van der Waals surface area contributed by atoms with Gasteiger partial charge in [0.1, 0.15) is 17.9 Å². The third-order valence-corrected chi connectivity index (χ3v) is 6.01. The number of methoxy groups -OCH3 is 1. The van der Waals surface area contributed by atoms with E-state index in [9.17, 15) is 9.50 Å². The molecular formula is C26H25FN4O3. The average Bonchev–Trinajstić information content (AvgIpc) is 3.05. The zero-order chi connectivity index (χ0) is 23.5. The Hall–Kier alpha value is -3.78. The lowest BCUT2D eigenvalue weighted by molar-refractivity contribution is 0.122. The fraction of sp³-hybridized carbons (Fsp3) is 0.269. The first-order chi connectivity index (χ1) is 16.6. The van der Waals surface area contributed by atoms with Gasteiger partial charge in [0, 0.05) is 42.6 Å². The highest BCUT2D eigenvalue weighted by Crippen LogP contribution is 2.31.